The highest BCUT2D eigenvalue weighted by Crippen LogP contribution is 2.25. The maximum atomic E-state index is 13.5. The molecule has 3 heterocycles. The van der Waals surface area contributed by atoms with Gasteiger partial charge in [0.2, 0.25) is 17.4 Å². The minimum atomic E-state index is -1.59. The zero-order valence-corrected chi connectivity index (χ0v) is 26.2. The zero-order chi connectivity index (χ0) is 31.6. The molecule has 2 fully saturated rings. The number of carbonyl (C=O) groups excluding carboxylic acids is 5. The summed E-state index contributed by atoms with van der Waals surface area (Å²) in [5.41, 5.74) is -3.45. The van der Waals surface area contributed by atoms with Crippen molar-refractivity contribution >= 4 is 52.0 Å². The summed E-state index contributed by atoms with van der Waals surface area (Å²) < 4.78 is 10.6. The molecule has 0 radical (unpaired) electrons. The number of thiazole rings is 1. The van der Waals surface area contributed by atoms with Crippen LogP contribution in [0, 0.1) is 5.92 Å². The molecule has 42 heavy (non-hydrogen) atoms. The monoisotopic (exact) mass is 608 g/mol. The maximum Gasteiger partial charge on any atom is 0.413 e. The van der Waals surface area contributed by atoms with Crippen LogP contribution in [-0.4, -0.2) is 75.4 Å². The molecule has 4 amide bonds. The average molecular weight is 609 g/mol. The number of aromatic nitrogens is 1. The molecule has 0 aliphatic carbocycles. The Balaban J connectivity index is 1.82. The number of oxime groups is 1. The second-order valence-electron chi connectivity index (χ2n) is 12.9. The van der Waals surface area contributed by atoms with Gasteiger partial charge in [0.05, 0.1) is 6.04 Å². The van der Waals surface area contributed by atoms with Gasteiger partial charge in [-0.3, -0.25) is 19.7 Å². The number of ether oxygens (including phenoxy) is 2. The Labute approximate surface area is 248 Å². The van der Waals surface area contributed by atoms with Gasteiger partial charge in [0.25, 0.3) is 5.91 Å². The molecule has 2 aliphatic rings. The summed E-state index contributed by atoms with van der Waals surface area (Å²) in [5, 5.41) is 16.3. The third-order valence-corrected chi connectivity index (χ3v) is 6.82. The molecule has 14 nitrogen and oxygen atoms in total. The predicted octanol–water partition coefficient (Wildman–Crippen LogP) is 2.23. The first-order valence-corrected chi connectivity index (χ1v) is 14.5. The minimum Gasteiger partial charge on any atom is -0.457 e. The van der Waals surface area contributed by atoms with Crippen molar-refractivity contribution in [2.75, 3.05) is 5.32 Å². The van der Waals surface area contributed by atoms with E-state index in [0.717, 1.165) is 11.3 Å². The van der Waals surface area contributed by atoms with E-state index in [-0.39, 0.29) is 34.4 Å². The smallest absolute Gasteiger partial charge is 0.413 e. The molecule has 1 aromatic rings. The van der Waals surface area contributed by atoms with Gasteiger partial charge in [-0.05, 0) is 75.2 Å². The molecule has 2 aliphatic heterocycles. The predicted molar refractivity (Wildman–Crippen MR) is 154 cm³/mol. The fraction of sp³-hybridized carbons (Fsp3) is 0.667. The van der Waals surface area contributed by atoms with Crippen molar-refractivity contribution in [2.24, 2.45) is 11.1 Å². The third kappa shape index (κ3) is 8.87. The topological polar surface area (TPSA) is 186 Å². The number of nitrogens with one attached hydrogen (secondary N) is 4. The van der Waals surface area contributed by atoms with Gasteiger partial charge < -0.3 is 30.3 Å². The lowest BCUT2D eigenvalue weighted by Gasteiger charge is -2.38. The Morgan fingerprint density at radius 1 is 1.02 bits per heavy atom. The normalized spacial score (nSPS) is 22.8. The SMILES string of the molecule is CC1C[C@H](C[C@H]2NC(=O)[C@H]2NC(=O)/C(=N\OC(C)(C)C(=O)OC(C)(C)C)c2csc(NC(=O)OC(C)(C)C)n2)C(=O)N1. The highest BCUT2D eigenvalue weighted by molar-refractivity contribution is 7.14. The van der Waals surface area contributed by atoms with E-state index in [4.69, 9.17) is 14.3 Å². The quantitative estimate of drug-likeness (QED) is 0.141. The number of β-lactam (4-membered cyclic amide) rings is 1. The van der Waals surface area contributed by atoms with E-state index in [1.54, 1.807) is 41.5 Å². The summed E-state index contributed by atoms with van der Waals surface area (Å²) >= 11 is 1.00. The van der Waals surface area contributed by atoms with E-state index >= 15 is 0 Å². The van der Waals surface area contributed by atoms with Crippen LogP contribution in [0.3, 0.4) is 0 Å². The first kappa shape index (κ1) is 32.8. The van der Waals surface area contributed by atoms with E-state index in [1.165, 1.54) is 19.2 Å². The van der Waals surface area contributed by atoms with Gasteiger partial charge in [0, 0.05) is 17.3 Å². The van der Waals surface area contributed by atoms with Gasteiger partial charge in [-0.2, -0.15) is 0 Å². The number of rotatable bonds is 9. The van der Waals surface area contributed by atoms with Gasteiger partial charge >= 0.3 is 12.1 Å². The Morgan fingerprint density at radius 2 is 1.67 bits per heavy atom. The molecular formula is C27H40N6O8S. The van der Waals surface area contributed by atoms with Crippen LogP contribution in [-0.2, 0) is 33.5 Å². The van der Waals surface area contributed by atoms with E-state index < -0.39 is 52.8 Å². The number of hydrogen-bond acceptors (Lipinski definition) is 11. The second-order valence-corrected chi connectivity index (χ2v) is 13.7. The van der Waals surface area contributed by atoms with Crippen LogP contribution in [0.25, 0.3) is 0 Å². The lowest BCUT2D eigenvalue weighted by molar-refractivity contribution is -0.179. The van der Waals surface area contributed by atoms with Gasteiger partial charge in [-0.25, -0.2) is 14.6 Å². The highest BCUT2D eigenvalue weighted by atomic mass is 32.1. The Kier molecular flexibility index (Phi) is 9.54. The van der Waals surface area contributed by atoms with Gasteiger partial charge in [0.1, 0.15) is 22.9 Å². The number of anilines is 1. The Bertz CT molecular complexity index is 1260. The fourth-order valence-corrected chi connectivity index (χ4v) is 4.79. The van der Waals surface area contributed by atoms with Crippen molar-refractivity contribution in [3.8, 4) is 0 Å². The first-order valence-electron chi connectivity index (χ1n) is 13.6. The third-order valence-electron chi connectivity index (χ3n) is 6.06. The number of nitrogens with zero attached hydrogens (tertiary/aromatic N) is 2. The number of hydrogen-bond donors (Lipinski definition) is 4. The summed E-state index contributed by atoms with van der Waals surface area (Å²) in [7, 11) is 0. The van der Waals surface area contributed by atoms with Crippen molar-refractivity contribution < 1.29 is 38.3 Å². The first-order chi connectivity index (χ1) is 19.2. The summed E-state index contributed by atoms with van der Waals surface area (Å²) in [6, 6.07) is -1.37. The van der Waals surface area contributed by atoms with Crippen molar-refractivity contribution in [1.29, 1.82) is 0 Å². The van der Waals surface area contributed by atoms with Crippen LogP contribution in [0.4, 0.5) is 9.93 Å². The zero-order valence-electron chi connectivity index (χ0n) is 25.4. The van der Waals surface area contributed by atoms with Gasteiger partial charge in [-0.15, -0.1) is 11.3 Å². The lowest BCUT2D eigenvalue weighted by atomic mass is 9.87. The molecule has 15 heteroatoms. The summed E-state index contributed by atoms with van der Waals surface area (Å²) in [5.74, 6) is -2.33. The average Bonchev–Trinajstić information content (AvgIpc) is 3.40. The molecule has 4 atom stereocenters. The molecule has 0 bridgehead atoms. The van der Waals surface area contributed by atoms with Crippen molar-refractivity contribution in [2.45, 2.75) is 110 Å². The van der Waals surface area contributed by atoms with E-state index in [0.29, 0.717) is 12.8 Å². The highest BCUT2D eigenvalue weighted by Gasteiger charge is 2.45. The number of amides is 4. The fourth-order valence-electron chi connectivity index (χ4n) is 4.11. The molecule has 1 unspecified atom stereocenters. The molecule has 1 aromatic heterocycles. The van der Waals surface area contributed by atoms with E-state index in [2.05, 4.69) is 31.4 Å². The Hall–Kier alpha value is -3.75. The standard InChI is InChI=1S/C27H40N6O8S/c1-13-10-14(19(34)28-13)11-15-17(20(35)29-15)31-21(36)18(33-41-27(8,9)22(37)39-25(2,3)4)16-12-42-23(30-16)32-24(38)40-26(5,6)7/h12-15,17H,10-11H2,1-9H3,(H,28,34)(H,29,35)(H,31,36)(H,30,32,38)/b33-18-/t13?,14-,15-,17+/m1/s1. The molecule has 2 saturated heterocycles. The van der Waals surface area contributed by atoms with Crippen molar-refractivity contribution in [3.05, 3.63) is 11.1 Å². The van der Waals surface area contributed by atoms with Gasteiger partial charge in [-0.1, -0.05) is 5.16 Å². The van der Waals surface area contributed by atoms with Gasteiger partial charge in [0.15, 0.2) is 10.8 Å². The van der Waals surface area contributed by atoms with E-state index in [9.17, 15) is 24.0 Å². The molecule has 4 N–H and O–H groups in total. The molecule has 0 saturated carbocycles. The van der Waals surface area contributed by atoms with Crippen LogP contribution in [0.15, 0.2) is 10.5 Å². The summed E-state index contributed by atoms with van der Waals surface area (Å²) in [6.07, 6.45) is 0.230. The molecule has 0 aromatic carbocycles. The molecular weight excluding hydrogens is 568 g/mol. The molecule has 232 valence electrons. The number of esters is 1. The van der Waals surface area contributed by atoms with Crippen LogP contribution in [0.2, 0.25) is 0 Å². The van der Waals surface area contributed by atoms with Crippen LogP contribution in [0.5, 0.6) is 0 Å². The maximum absolute atomic E-state index is 13.5. The van der Waals surface area contributed by atoms with Crippen LogP contribution in [0.1, 0.15) is 80.8 Å². The lowest BCUT2D eigenvalue weighted by Crippen LogP contribution is -2.70. The largest absolute Gasteiger partial charge is 0.457 e. The second kappa shape index (κ2) is 12.2. The summed E-state index contributed by atoms with van der Waals surface area (Å²) in [4.78, 5) is 72.8. The van der Waals surface area contributed by atoms with Crippen molar-refractivity contribution in [3.63, 3.8) is 0 Å². The number of carbonyl (C=O) groups is 5. The van der Waals surface area contributed by atoms with Crippen LogP contribution >= 0.6 is 11.3 Å². The van der Waals surface area contributed by atoms with E-state index in [1.807, 2.05) is 6.92 Å². The summed E-state index contributed by atoms with van der Waals surface area (Å²) in [6.45, 7) is 15.0. The van der Waals surface area contributed by atoms with Crippen molar-refractivity contribution in [1.82, 2.24) is 20.9 Å². The van der Waals surface area contributed by atoms with Crippen LogP contribution < -0.4 is 21.3 Å². The molecule has 3 rings (SSSR count). The minimum absolute atomic E-state index is 0.0174. The molecule has 0 spiro atoms. The Morgan fingerprint density at radius 3 is 2.21 bits per heavy atom.